The van der Waals surface area contributed by atoms with Crippen LogP contribution in [0.1, 0.15) is 25.3 Å². The van der Waals surface area contributed by atoms with Crippen molar-refractivity contribution in [1.29, 1.82) is 0 Å². The van der Waals surface area contributed by atoms with Crippen molar-refractivity contribution in [1.82, 2.24) is 0 Å². The van der Waals surface area contributed by atoms with Crippen molar-refractivity contribution in [2.24, 2.45) is 5.73 Å². The van der Waals surface area contributed by atoms with Crippen molar-refractivity contribution in [3.05, 3.63) is 29.8 Å². The van der Waals surface area contributed by atoms with Gasteiger partial charge in [0.15, 0.2) is 0 Å². The summed E-state index contributed by atoms with van der Waals surface area (Å²) in [5, 5.41) is 2.84. The number of nitrogens with one attached hydrogen (secondary N) is 1. The molecule has 0 fully saturated rings. The third-order valence-corrected chi connectivity index (χ3v) is 1.99. The van der Waals surface area contributed by atoms with Crippen LogP contribution in [-0.4, -0.2) is 5.91 Å². The van der Waals surface area contributed by atoms with Crippen LogP contribution in [-0.2, 0) is 11.3 Å². The number of para-hydroxylation sites is 1. The van der Waals surface area contributed by atoms with Crippen LogP contribution in [0.15, 0.2) is 24.3 Å². The minimum Gasteiger partial charge on any atom is -0.326 e. The Hall–Kier alpha value is -1.35. The van der Waals surface area contributed by atoms with Crippen molar-refractivity contribution in [2.75, 3.05) is 5.32 Å². The molecule has 0 atom stereocenters. The standard InChI is InChI=1S/C11H16N2O/c1-2-5-11(14)13-10-7-4-3-6-9(10)8-12/h3-4,6-7H,2,5,8,12H2,1H3,(H,13,14). The summed E-state index contributed by atoms with van der Waals surface area (Å²) < 4.78 is 0. The molecule has 1 aromatic rings. The Balaban J connectivity index is 2.70. The highest BCUT2D eigenvalue weighted by Gasteiger charge is 2.03. The highest BCUT2D eigenvalue weighted by molar-refractivity contribution is 5.91. The van der Waals surface area contributed by atoms with E-state index in [0.717, 1.165) is 17.7 Å². The monoisotopic (exact) mass is 192 g/mol. The largest absolute Gasteiger partial charge is 0.326 e. The van der Waals surface area contributed by atoms with Crippen LogP contribution in [0.2, 0.25) is 0 Å². The van der Waals surface area contributed by atoms with Crippen molar-refractivity contribution >= 4 is 11.6 Å². The number of hydrogen-bond donors (Lipinski definition) is 2. The number of benzene rings is 1. The van der Waals surface area contributed by atoms with Gasteiger partial charge in [-0.2, -0.15) is 0 Å². The summed E-state index contributed by atoms with van der Waals surface area (Å²) in [6, 6.07) is 7.59. The fraction of sp³-hybridized carbons (Fsp3) is 0.364. The topological polar surface area (TPSA) is 55.1 Å². The van der Waals surface area contributed by atoms with Gasteiger partial charge in [0.1, 0.15) is 0 Å². The third-order valence-electron chi connectivity index (χ3n) is 1.99. The number of amides is 1. The second-order valence-electron chi connectivity index (χ2n) is 3.16. The number of hydrogen-bond acceptors (Lipinski definition) is 2. The summed E-state index contributed by atoms with van der Waals surface area (Å²) in [4.78, 5) is 11.3. The second kappa shape index (κ2) is 5.40. The van der Waals surface area contributed by atoms with E-state index in [9.17, 15) is 4.79 Å². The van der Waals surface area contributed by atoms with E-state index in [1.165, 1.54) is 0 Å². The van der Waals surface area contributed by atoms with Gasteiger partial charge in [-0.05, 0) is 18.1 Å². The van der Waals surface area contributed by atoms with Crippen LogP contribution >= 0.6 is 0 Å². The van der Waals surface area contributed by atoms with E-state index >= 15 is 0 Å². The van der Waals surface area contributed by atoms with Crippen molar-refractivity contribution in [2.45, 2.75) is 26.3 Å². The fourth-order valence-electron chi connectivity index (χ4n) is 1.26. The number of anilines is 1. The van der Waals surface area contributed by atoms with Gasteiger partial charge in [0.25, 0.3) is 0 Å². The first-order valence-corrected chi connectivity index (χ1v) is 4.85. The van der Waals surface area contributed by atoms with E-state index in [4.69, 9.17) is 5.73 Å². The highest BCUT2D eigenvalue weighted by Crippen LogP contribution is 2.14. The van der Waals surface area contributed by atoms with Crippen LogP contribution in [0.25, 0.3) is 0 Å². The van der Waals surface area contributed by atoms with Gasteiger partial charge in [-0.15, -0.1) is 0 Å². The molecule has 0 heterocycles. The SMILES string of the molecule is CCCC(=O)Nc1ccccc1CN. The van der Waals surface area contributed by atoms with Crippen LogP contribution in [0.4, 0.5) is 5.69 Å². The Bertz CT molecular complexity index is 310. The molecule has 0 saturated carbocycles. The van der Waals surface area contributed by atoms with Gasteiger partial charge in [0, 0.05) is 18.7 Å². The molecule has 0 radical (unpaired) electrons. The first-order chi connectivity index (χ1) is 6.77. The predicted molar refractivity (Wildman–Crippen MR) is 57.9 cm³/mol. The molecular weight excluding hydrogens is 176 g/mol. The highest BCUT2D eigenvalue weighted by atomic mass is 16.1. The molecule has 14 heavy (non-hydrogen) atoms. The van der Waals surface area contributed by atoms with E-state index in [0.29, 0.717) is 13.0 Å². The lowest BCUT2D eigenvalue weighted by Crippen LogP contribution is -2.13. The Morgan fingerprint density at radius 3 is 2.79 bits per heavy atom. The Morgan fingerprint density at radius 2 is 2.14 bits per heavy atom. The van der Waals surface area contributed by atoms with Crippen LogP contribution in [0.5, 0.6) is 0 Å². The van der Waals surface area contributed by atoms with E-state index in [1.807, 2.05) is 31.2 Å². The summed E-state index contributed by atoms with van der Waals surface area (Å²) in [6.45, 7) is 2.43. The molecular formula is C11H16N2O. The molecule has 1 aromatic carbocycles. The first-order valence-electron chi connectivity index (χ1n) is 4.85. The average molecular weight is 192 g/mol. The number of carbonyl (C=O) groups is 1. The minimum atomic E-state index is 0.0494. The zero-order chi connectivity index (χ0) is 10.4. The Labute approximate surface area is 84.3 Å². The molecule has 0 spiro atoms. The van der Waals surface area contributed by atoms with E-state index in [-0.39, 0.29) is 5.91 Å². The molecule has 76 valence electrons. The van der Waals surface area contributed by atoms with Crippen LogP contribution in [0.3, 0.4) is 0 Å². The predicted octanol–water partition coefficient (Wildman–Crippen LogP) is 1.88. The lowest BCUT2D eigenvalue weighted by Gasteiger charge is -2.08. The fourth-order valence-corrected chi connectivity index (χ4v) is 1.26. The van der Waals surface area contributed by atoms with Crippen molar-refractivity contribution < 1.29 is 4.79 Å². The van der Waals surface area contributed by atoms with E-state index < -0.39 is 0 Å². The molecule has 0 saturated heterocycles. The summed E-state index contributed by atoms with van der Waals surface area (Å²) in [5.41, 5.74) is 7.35. The number of nitrogens with two attached hydrogens (primary N) is 1. The van der Waals surface area contributed by atoms with Gasteiger partial charge in [-0.1, -0.05) is 25.1 Å². The van der Waals surface area contributed by atoms with Crippen LogP contribution < -0.4 is 11.1 Å². The molecule has 0 aliphatic rings. The molecule has 0 aliphatic carbocycles. The summed E-state index contributed by atoms with van der Waals surface area (Å²) in [5.74, 6) is 0.0494. The maximum atomic E-state index is 11.3. The van der Waals surface area contributed by atoms with Gasteiger partial charge in [0.05, 0.1) is 0 Å². The van der Waals surface area contributed by atoms with Crippen molar-refractivity contribution in [3.8, 4) is 0 Å². The van der Waals surface area contributed by atoms with Gasteiger partial charge < -0.3 is 11.1 Å². The summed E-state index contributed by atoms with van der Waals surface area (Å²) in [6.07, 6.45) is 1.41. The second-order valence-corrected chi connectivity index (χ2v) is 3.16. The first kappa shape index (κ1) is 10.7. The lowest BCUT2D eigenvalue weighted by atomic mass is 10.1. The number of carbonyl (C=O) groups excluding carboxylic acids is 1. The Morgan fingerprint density at radius 1 is 1.43 bits per heavy atom. The quantitative estimate of drug-likeness (QED) is 0.765. The Kier molecular flexibility index (Phi) is 4.13. The van der Waals surface area contributed by atoms with E-state index in [2.05, 4.69) is 5.32 Å². The molecule has 1 amide bonds. The molecule has 3 N–H and O–H groups in total. The van der Waals surface area contributed by atoms with Crippen molar-refractivity contribution in [3.63, 3.8) is 0 Å². The average Bonchev–Trinajstić information content (AvgIpc) is 2.19. The maximum Gasteiger partial charge on any atom is 0.224 e. The zero-order valence-electron chi connectivity index (χ0n) is 8.42. The summed E-state index contributed by atoms with van der Waals surface area (Å²) >= 11 is 0. The third kappa shape index (κ3) is 2.85. The maximum absolute atomic E-state index is 11.3. The molecule has 3 heteroatoms. The molecule has 1 rings (SSSR count). The van der Waals surface area contributed by atoms with Gasteiger partial charge in [-0.3, -0.25) is 4.79 Å². The van der Waals surface area contributed by atoms with Gasteiger partial charge >= 0.3 is 0 Å². The molecule has 0 bridgehead atoms. The zero-order valence-corrected chi connectivity index (χ0v) is 8.42. The van der Waals surface area contributed by atoms with Gasteiger partial charge in [0.2, 0.25) is 5.91 Å². The van der Waals surface area contributed by atoms with Gasteiger partial charge in [-0.25, -0.2) is 0 Å². The number of rotatable bonds is 4. The molecule has 0 aromatic heterocycles. The molecule has 3 nitrogen and oxygen atoms in total. The molecule has 0 unspecified atom stereocenters. The summed E-state index contributed by atoms with van der Waals surface area (Å²) in [7, 11) is 0. The van der Waals surface area contributed by atoms with Crippen LogP contribution in [0, 0.1) is 0 Å². The molecule has 0 aliphatic heterocycles. The normalized spacial score (nSPS) is 9.86. The smallest absolute Gasteiger partial charge is 0.224 e. The van der Waals surface area contributed by atoms with E-state index in [1.54, 1.807) is 0 Å². The lowest BCUT2D eigenvalue weighted by molar-refractivity contribution is -0.116. The minimum absolute atomic E-state index is 0.0494.